The van der Waals surface area contributed by atoms with Crippen LogP contribution in [0.25, 0.3) is 11.3 Å². The Bertz CT molecular complexity index is 551. The van der Waals surface area contributed by atoms with Gasteiger partial charge in [-0.25, -0.2) is 9.18 Å². The normalized spacial score (nSPS) is 10.3. The molecular weight excluding hydrogens is 215 g/mol. The van der Waals surface area contributed by atoms with Crippen LogP contribution in [0.4, 0.5) is 10.4 Å². The number of anilines is 1. The van der Waals surface area contributed by atoms with Crippen LogP contribution in [-0.4, -0.2) is 16.1 Å². The summed E-state index contributed by atoms with van der Waals surface area (Å²) >= 11 is 0. The highest BCUT2D eigenvalue weighted by Gasteiger charge is 2.19. The van der Waals surface area contributed by atoms with E-state index >= 15 is 0 Å². The molecule has 82 valence electrons. The molecule has 3 N–H and O–H groups in total. The van der Waals surface area contributed by atoms with Gasteiger partial charge in [0.1, 0.15) is 5.82 Å². The van der Waals surface area contributed by atoms with Crippen molar-refractivity contribution in [3.8, 4) is 11.3 Å². The van der Waals surface area contributed by atoms with Crippen molar-refractivity contribution in [2.24, 2.45) is 0 Å². The van der Waals surface area contributed by atoms with Crippen molar-refractivity contribution in [2.45, 2.75) is 0 Å². The van der Waals surface area contributed by atoms with Crippen LogP contribution >= 0.6 is 0 Å². The third-order valence-electron chi connectivity index (χ3n) is 1.93. The first-order chi connectivity index (χ1) is 7.58. The van der Waals surface area contributed by atoms with Gasteiger partial charge in [0.2, 0.25) is 0 Å². The SMILES string of the molecule is Nc1nc(C(=O)O)c(-c2cccc(F)c2)o1. The first kappa shape index (κ1) is 10.2. The number of hydrogen-bond donors (Lipinski definition) is 2. The topological polar surface area (TPSA) is 89.3 Å². The summed E-state index contributed by atoms with van der Waals surface area (Å²) in [6.07, 6.45) is 0. The van der Waals surface area contributed by atoms with Gasteiger partial charge in [0.05, 0.1) is 0 Å². The van der Waals surface area contributed by atoms with Gasteiger partial charge in [-0.3, -0.25) is 0 Å². The second-order valence-corrected chi connectivity index (χ2v) is 3.05. The molecule has 0 radical (unpaired) electrons. The molecule has 6 heteroatoms. The summed E-state index contributed by atoms with van der Waals surface area (Å²) in [5.41, 5.74) is 5.21. The minimum absolute atomic E-state index is 0.0514. The van der Waals surface area contributed by atoms with Crippen molar-refractivity contribution in [2.75, 3.05) is 5.73 Å². The number of aromatic nitrogens is 1. The van der Waals surface area contributed by atoms with Crippen LogP contribution in [0.2, 0.25) is 0 Å². The number of carbonyl (C=O) groups is 1. The van der Waals surface area contributed by atoms with Crippen LogP contribution in [0.5, 0.6) is 0 Å². The predicted molar refractivity (Wildman–Crippen MR) is 53.3 cm³/mol. The second kappa shape index (κ2) is 3.65. The van der Waals surface area contributed by atoms with E-state index in [9.17, 15) is 9.18 Å². The molecule has 0 fully saturated rings. The van der Waals surface area contributed by atoms with Gasteiger partial charge in [-0.05, 0) is 12.1 Å². The number of nitrogens with two attached hydrogens (primary N) is 1. The monoisotopic (exact) mass is 222 g/mol. The van der Waals surface area contributed by atoms with Crippen LogP contribution < -0.4 is 5.73 Å². The van der Waals surface area contributed by atoms with Gasteiger partial charge in [0.25, 0.3) is 6.01 Å². The number of hydrogen-bond acceptors (Lipinski definition) is 4. The molecule has 2 aromatic rings. The fourth-order valence-electron chi connectivity index (χ4n) is 1.31. The Morgan fingerprint density at radius 1 is 1.50 bits per heavy atom. The predicted octanol–water partition coefficient (Wildman–Crippen LogP) is 1.76. The molecule has 0 aliphatic carbocycles. The highest BCUT2D eigenvalue weighted by Crippen LogP contribution is 2.26. The summed E-state index contributed by atoms with van der Waals surface area (Å²) < 4.78 is 17.9. The summed E-state index contributed by atoms with van der Waals surface area (Å²) in [4.78, 5) is 14.3. The third-order valence-corrected chi connectivity index (χ3v) is 1.93. The molecule has 0 saturated heterocycles. The lowest BCUT2D eigenvalue weighted by Gasteiger charge is -1.97. The number of nitrogen functional groups attached to an aromatic ring is 1. The van der Waals surface area contributed by atoms with Gasteiger partial charge in [-0.15, -0.1) is 0 Å². The molecular formula is C10H7FN2O3. The number of nitrogens with zero attached hydrogens (tertiary/aromatic N) is 1. The van der Waals surface area contributed by atoms with E-state index in [0.717, 1.165) is 6.07 Å². The van der Waals surface area contributed by atoms with E-state index in [-0.39, 0.29) is 23.0 Å². The van der Waals surface area contributed by atoms with Crippen molar-refractivity contribution < 1.29 is 18.7 Å². The van der Waals surface area contributed by atoms with Crippen LogP contribution in [-0.2, 0) is 0 Å². The molecule has 5 nitrogen and oxygen atoms in total. The fraction of sp³-hybridized carbons (Fsp3) is 0. The summed E-state index contributed by atoms with van der Waals surface area (Å²) in [5.74, 6) is -1.83. The van der Waals surface area contributed by atoms with Crippen LogP contribution in [0.15, 0.2) is 28.7 Å². The van der Waals surface area contributed by atoms with E-state index in [4.69, 9.17) is 15.3 Å². The van der Waals surface area contributed by atoms with E-state index in [2.05, 4.69) is 4.98 Å². The lowest BCUT2D eigenvalue weighted by molar-refractivity contribution is 0.0691. The second-order valence-electron chi connectivity index (χ2n) is 3.05. The first-order valence-electron chi connectivity index (χ1n) is 4.33. The van der Waals surface area contributed by atoms with Crippen molar-refractivity contribution in [3.63, 3.8) is 0 Å². The maximum atomic E-state index is 13.0. The Kier molecular flexibility index (Phi) is 2.32. The zero-order valence-electron chi connectivity index (χ0n) is 7.98. The Labute approximate surface area is 89.3 Å². The Morgan fingerprint density at radius 3 is 2.88 bits per heavy atom. The number of carboxylic acids is 1. The lowest BCUT2D eigenvalue weighted by Crippen LogP contribution is -1.99. The summed E-state index contributed by atoms with van der Waals surface area (Å²) in [6, 6.07) is 5.07. The largest absolute Gasteiger partial charge is 0.476 e. The standard InChI is InChI=1S/C10H7FN2O3/c11-6-3-1-2-5(4-6)8-7(9(14)15)13-10(12)16-8/h1-4H,(H2,12,13)(H,14,15). The number of halogens is 1. The molecule has 0 bridgehead atoms. The van der Waals surface area contributed by atoms with Gasteiger partial charge in [0, 0.05) is 5.56 Å². The number of benzene rings is 1. The summed E-state index contributed by atoms with van der Waals surface area (Å²) in [7, 11) is 0. The van der Waals surface area contributed by atoms with Gasteiger partial charge < -0.3 is 15.3 Å². The number of aromatic carboxylic acids is 1. The van der Waals surface area contributed by atoms with Gasteiger partial charge in [0.15, 0.2) is 11.5 Å². The Balaban J connectivity index is 2.59. The molecule has 0 spiro atoms. The van der Waals surface area contributed by atoms with Gasteiger partial charge in [-0.2, -0.15) is 4.98 Å². The van der Waals surface area contributed by atoms with Crippen molar-refractivity contribution in [1.29, 1.82) is 0 Å². The number of carboxylic acid groups (broad SMARTS) is 1. The average molecular weight is 222 g/mol. The quantitative estimate of drug-likeness (QED) is 0.808. The minimum atomic E-state index is -1.28. The minimum Gasteiger partial charge on any atom is -0.476 e. The molecule has 0 aliphatic rings. The van der Waals surface area contributed by atoms with Crippen molar-refractivity contribution in [1.82, 2.24) is 4.98 Å². The van der Waals surface area contributed by atoms with E-state index < -0.39 is 11.8 Å². The van der Waals surface area contributed by atoms with Gasteiger partial charge in [-0.1, -0.05) is 12.1 Å². The molecule has 0 saturated carbocycles. The van der Waals surface area contributed by atoms with E-state index in [1.54, 1.807) is 0 Å². The first-order valence-corrected chi connectivity index (χ1v) is 4.33. The number of oxazole rings is 1. The maximum absolute atomic E-state index is 13.0. The highest BCUT2D eigenvalue weighted by atomic mass is 19.1. The van der Waals surface area contributed by atoms with E-state index in [0.29, 0.717) is 0 Å². The highest BCUT2D eigenvalue weighted by molar-refractivity contribution is 5.92. The smallest absolute Gasteiger partial charge is 0.358 e. The molecule has 0 amide bonds. The molecule has 0 atom stereocenters. The molecule has 0 unspecified atom stereocenters. The Morgan fingerprint density at radius 2 is 2.25 bits per heavy atom. The molecule has 2 rings (SSSR count). The van der Waals surface area contributed by atoms with Gasteiger partial charge >= 0.3 is 5.97 Å². The average Bonchev–Trinajstić information content (AvgIpc) is 2.60. The molecule has 1 aromatic heterocycles. The van der Waals surface area contributed by atoms with Crippen LogP contribution in [0, 0.1) is 5.82 Å². The fourth-order valence-corrected chi connectivity index (χ4v) is 1.31. The van der Waals surface area contributed by atoms with E-state index in [1.165, 1.54) is 18.2 Å². The molecule has 0 aliphatic heterocycles. The number of rotatable bonds is 2. The lowest BCUT2D eigenvalue weighted by atomic mass is 10.1. The zero-order valence-corrected chi connectivity index (χ0v) is 7.98. The van der Waals surface area contributed by atoms with Crippen LogP contribution in [0.3, 0.4) is 0 Å². The Hall–Kier alpha value is -2.37. The molecule has 1 aromatic carbocycles. The maximum Gasteiger partial charge on any atom is 0.358 e. The van der Waals surface area contributed by atoms with E-state index in [1.807, 2.05) is 0 Å². The summed E-state index contributed by atoms with van der Waals surface area (Å²) in [6.45, 7) is 0. The van der Waals surface area contributed by atoms with Crippen molar-refractivity contribution in [3.05, 3.63) is 35.8 Å². The molecule has 16 heavy (non-hydrogen) atoms. The third kappa shape index (κ3) is 1.72. The van der Waals surface area contributed by atoms with Crippen molar-refractivity contribution >= 4 is 12.0 Å². The summed E-state index contributed by atoms with van der Waals surface area (Å²) in [5, 5.41) is 8.84. The molecule has 1 heterocycles. The zero-order chi connectivity index (χ0) is 11.7. The van der Waals surface area contributed by atoms with Crippen LogP contribution in [0.1, 0.15) is 10.5 Å².